The maximum atomic E-state index is 6.09. The van der Waals surface area contributed by atoms with Crippen LogP contribution >= 0.6 is 11.6 Å². The van der Waals surface area contributed by atoms with Gasteiger partial charge in [0.25, 0.3) is 11.8 Å². The van der Waals surface area contributed by atoms with Crippen LogP contribution in [-0.4, -0.2) is 24.2 Å². The Morgan fingerprint density at radius 2 is 1.78 bits per heavy atom. The Balaban J connectivity index is 2.70. The molecular weight excluding hydrogens is 252 g/mol. The third-order valence-corrected chi connectivity index (χ3v) is 2.88. The molecule has 0 radical (unpaired) electrons. The number of benzene rings is 1. The number of rotatable bonds is 4. The average Bonchev–Trinajstić information content (AvgIpc) is 2.37. The summed E-state index contributed by atoms with van der Waals surface area (Å²) in [6.45, 7) is 2.11. The van der Waals surface area contributed by atoms with E-state index in [2.05, 4.69) is 16.9 Å². The van der Waals surface area contributed by atoms with E-state index < -0.39 is 0 Å². The fourth-order valence-electron chi connectivity index (χ4n) is 1.89. The molecule has 0 aliphatic carbocycles. The predicted octanol–water partition coefficient (Wildman–Crippen LogP) is 3.25. The van der Waals surface area contributed by atoms with Crippen LogP contribution < -0.4 is 9.47 Å². The van der Waals surface area contributed by atoms with Crippen LogP contribution in [0.3, 0.4) is 0 Å². The van der Waals surface area contributed by atoms with Gasteiger partial charge in [-0.3, -0.25) is 0 Å². The van der Waals surface area contributed by atoms with E-state index >= 15 is 0 Å². The fourth-order valence-corrected chi connectivity index (χ4v) is 2.12. The van der Waals surface area contributed by atoms with Gasteiger partial charge in [-0.15, -0.1) is 0 Å². The van der Waals surface area contributed by atoms with Gasteiger partial charge >= 0.3 is 0 Å². The van der Waals surface area contributed by atoms with Crippen LogP contribution in [-0.2, 0) is 6.42 Å². The van der Waals surface area contributed by atoms with Crippen LogP contribution in [0.1, 0.15) is 18.9 Å². The number of halogens is 1. The number of hydrogen-bond acceptors (Lipinski definition) is 4. The average molecular weight is 267 g/mol. The zero-order valence-electron chi connectivity index (χ0n) is 10.7. The number of hydrogen-bond donors (Lipinski definition) is 0. The summed E-state index contributed by atoms with van der Waals surface area (Å²) in [5.74, 6) is 0.763. The van der Waals surface area contributed by atoms with Crippen molar-refractivity contribution in [3.63, 3.8) is 0 Å². The molecule has 2 aromatic rings. The van der Waals surface area contributed by atoms with E-state index in [1.165, 1.54) is 7.11 Å². The monoisotopic (exact) mass is 266 g/mol. The number of aromatic nitrogens is 2. The minimum Gasteiger partial charge on any atom is -0.477 e. The molecule has 0 fully saturated rings. The molecule has 0 aliphatic rings. The third-order valence-electron chi connectivity index (χ3n) is 2.66. The molecule has 5 heteroatoms. The van der Waals surface area contributed by atoms with Crippen molar-refractivity contribution < 1.29 is 9.47 Å². The first-order valence-corrected chi connectivity index (χ1v) is 6.15. The Bertz CT molecular complexity index is 572. The van der Waals surface area contributed by atoms with Gasteiger partial charge in [0.15, 0.2) is 0 Å². The Hall–Kier alpha value is -1.55. The number of methoxy groups -OCH3 is 2. The zero-order valence-corrected chi connectivity index (χ0v) is 11.4. The lowest BCUT2D eigenvalue weighted by molar-refractivity contribution is 0.334. The van der Waals surface area contributed by atoms with Gasteiger partial charge in [0, 0.05) is 5.02 Å². The first-order valence-electron chi connectivity index (χ1n) is 5.77. The highest BCUT2D eigenvalue weighted by molar-refractivity contribution is 6.31. The third kappa shape index (κ3) is 2.34. The van der Waals surface area contributed by atoms with Crippen molar-refractivity contribution in [2.45, 2.75) is 19.8 Å². The second-order valence-electron chi connectivity index (χ2n) is 3.92. The van der Waals surface area contributed by atoms with Crippen molar-refractivity contribution in [1.82, 2.24) is 9.97 Å². The van der Waals surface area contributed by atoms with Gasteiger partial charge in [0.05, 0.1) is 25.3 Å². The SMILES string of the molecule is CCCc1cc(Cl)cc2nc(OC)c(OC)nc12. The summed E-state index contributed by atoms with van der Waals surface area (Å²) >= 11 is 6.09. The van der Waals surface area contributed by atoms with Gasteiger partial charge in [0.1, 0.15) is 0 Å². The molecule has 4 nitrogen and oxygen atoms in total. The largest absolute Gasteiger partial charge is 0.477 e. The minimum absolute atomic E-state index is 0.370. The van der Waals surface area contributed by atoms with Crippen LogP contribution in [0.5, 0.6) is 11.8 Å². The number of fused-ring (bicyclic) bond motifs is 1. The molecule has 1 heterocycles. The lowest BCUT2D eigenvalue weighted by atomic mass is 10.1. The summed E-state index contributed by atoms with van der Waals surface area (Å²) in [5.41, 5.74) is 2.62. The van der Waals surface area contributed by atoms with Gasteiger partial charge in [-0.05, 0) is 24.1 Å². The van der Waals surface area contributed by atoms with Crippen LogP contribution in [0.25, 0.3) is 11.0 Å². The number of nitrogens with zero attached hydrogens (tertiary/aromatic N) is 2. The quantitative estimate of drug-likeness (QED) is 0.852. The van der Waals surface area contributed by atoms with Crippen molar-refractivity contribution in [2.24, 2.45) is 0 Å². The predicted molar refractivity (Wildman–Crippen MR) is 71.6 cm³/mol. The Kier molecular flexibility index (Phi) is 3.87. The Morgan fingerprint density at radius 3 is 2.39 bits per heavy atom. The molecule has 0 N–H and O–H groups in total. The molecule has 1 aromatic carbocycles. The summed E-state index contributed by atoms with van der Waals surface area (Å²) in [6, 6.07) is 3.71. The summed E-state index contributed by atoms with van der Waals surface area (Å²) in [4.78, 5) is 8.83. The van der Waals surface area contributed by atoms with Crippen molar-refractivity contribution in [1.29, 1.82) is 0 Å². The highest BCUT2D eigenvalue weighted by Crippen LogP contribution is 2.29. The molecule has 0 saturated heterocycles. The Morgan fingerprint density at radius 1 is 1.11 bits per heavy atom. The van der Waals surface area contributed by atoms with E-state index in [9.17, 15) is 0 Å². The summed E-state index contributed by atoms with van der Waals surface area (Å²) in [7, 11) is 3.09. The molecule has 0 bridgehead atoms. The maximum Gasteiger partial charge on any atom is 0.278 e. The normalized spacial score (nSPS) is 10.7. The second kappa shape index (κ2) is 5.40. The highest BCUT2D eigenvalue weighted by atomic mass is 35.5. The van der Waals surface area contributed by atoms with E-state index in [1.54, 1.807) is 13.2 Å². The van der Waals surface area contributed by atoms with Crippen molar-refractivity contribution in [3.05, 3.63) is 22.7 Å². The minimum atomic E-state index is 0.370. The standard InChI is InChI=1S/C13H15ClN2O2/c1-4-5-8-6-9(14)7-10-11(8)16-13(18-3)12(15-10)17-2/h6-7H,4-5H2,1-3H3. The lowest BCUT2D eigenvalue weighted by Crippen LogP contribution is -1.99. The molecule has 0 aliphatic heterocycles. The van der Waals surface area contributed by atoms with Gasteiger partial charge in [-0.2, -0.15) is 0 Å². The molecule has 0 atom stereocenters. The van der Waals surface area contributed by atoms with E-state index in [0.29, 0.717) is 16.8 Å². The van der Waals surface area contributed by atoms with E-state index in [-0.39, 0.29) is 0 Å². The smallest absolute Gasteiger partial charge is 0.278 e. The molecule has 1 aromatic heterocycles. The van der Waals surface area contributed by atoms with E-state index in [1.807, 2.05) is 6.07 Å². The van der Waals surface area contributed by atoms with Gasteiger partial charge < -0.3 is 9.47 Å². The lowest BCUT2D eigenvalue weighted by Gasteiger charge is -2.10. The van der Waals surface area contributed by atoms with Crippen LogP contribution in [0, 0.1) is 0 Å². The molecule has 0 saturated carbocycles. The first kappa shape index (κ1) is 12.9. The molecule has 0 spiro atoms. The summed E-state index contributed by atoms with van der Waals surface area (Å²) in [5, 5.41) is 0.660. The highest BCUT2D eigenvalue weighted by Gasteiger charge is 2.13. The van der Waals surface area contributed by atoms with Crippen molar-refractivity contribution >= 4 is 22.6 Å². The molecule has 18 heavy (non-hydrogen) atoms. The molecule has 2 rings (SSSR count). The Labute approximate surface area is 111 Å². The molecule has 0 amide bonds. The fraction of sp³-hybridized carbons (Fsp3) is 0.385. The van der Waals surface area contributed by atoms with Crippen LogP contribution in [0.2, 0.25) is 5.02 Å². The zero-order chi connectivity index (χ0) is 13.1. The summed E-state index contributed by atoms with van der Waals surface area (Å²) < 4.78 is 10.3. The van der Waals surface area contributed by atoms with Gasteiger partial charge in [-0.1, -0.05) is 24.9 Å². The molecule has 96 valence electrons. The van der Waals surface area contributed by atoms with Crippen molar-refractivity contribution in [3.8, 4) is 11.8 Å². The van der Waals surface area contributed by atoms with Crippen LogP contribution in [0.15, 0.2) is 12.1 Å². The molecular formula is C13H15ClN2O2. The topological polar surface area (TPSA) is 44.2 Å². The van der Waals surface area contributed by atoms with Crippen LogP contribution in [0.4, 0.5) is 0 Å². The first-order chi connectivity index (χ1) is 8.69. The van der Waals surface area contributed by atoms with Gasteiger partial charge in [-0.25, -0.2) is 9.97 Å². The molecule has 0 unspecified atom stereocenters. The maximum absolute atomic E-state index is 6.09. The van der Waals surface area contributed by atoms with Gasteiger partial charge in [0.2, 0.25) is 0 Å². The summed E-state index contributed by atoms with van der Waals surface area (Å²) in [6.07, 6.45) is 1.92. The second-order valence-corrected chi connectivity index (χ2v) is 4.36. The van der Waals surface area contributed by atoms with E-state index in [0.717, 1.165) is 29.4 Å². The van der Waals surface area contributed by atoms with Crippen molar-refractivity contribution in [2.75, 3.05) is 14.2 Å². The number of aryl methyl sites for hydroxylation is 1. The van der Waals surface area contributed by atoms with E-state index in [4.69, 9.17) is 21.1 Å². The number of ether oxygens (including phenoxy) is 2.